The molecule has 6 nitrogen and oxygen atoms in total. The van der Waals surface area contributed by atoms with Crippen molar-refractivity contribution in [1.82, 2.24) is 9.97 Å². The van der Waals surface area contributed by atoms with Crippen LogP contribution in [0.25, 0.3) is 0 Å². The Labute approximate surface area is 105 Å². The second kappa shape index (κ2) is 5.30. The van der Waals surface area contributed by atoms with Gasteiger partial charge in [-0.3, -0.25) is 0 Å². The van der Waals surface area contributed by atoms with Crippen LogP contribution in [-0.4, -0.2) is 40.3 Å². The summed E-state index contributed by atoms with van der Waals surface area (Å²) >= 11 is 0. The molecule has 1 saturated carbocycles. The summed E-state index contributed by atoms with van der Waals surface area (Å²) in [6, 6.07) is 0. The monoisotopic (exact) mass is 251 g/mol. The van der Waals surface area contributed by atoms with E-state index in [4.69, 9.17) is 0 Å². The second-order valence-electron chi connectivity index (χ2n) is 4.56. The van der Waals surface area contributed by atoms with Gasteiger partial charge in [-0.05, 0) is 12.8 Å². The highest BCUT2D eigenvalue weighted by Crippen LogP contribution is 2.29. The predicted molar refractivity (Wildman–Crippen MR) is 65.3 cm³/mol. The number of rotatable bonds is 4. The molecule has 0 bridgehead atoms. The van der Waals surface area contributed by atoms with E-state index in [1.165, 1.54) is 19.5 Å². The van der Waals surface area contributed by atoms with Gasteiger partial charge in [-0.25, -0.2) is 14.8 Å². The molecule has 1 aromatic heterocycles. The first kappa shape index (κ1) is 12.8. The Morgan fingerprint density at radius 3 is 2.72 bits per heavy atom. The van der Waals surface area contributed by atoms with E-state index in [2.05, 4.69) is 20.0 Å². The lowest BCUT2D eigenvalue weighted by atomic mass is 10.0. The minimum absolute atomic E-state index is 0.169. The van der Waals surface area contributed by atoms with Crippen molar-refractivity contribution in [1.29, 1.82) is 0 Å². The molecule has 98 valence electrons. The maximum Gasteiger partial charge on any atom is 0.358 e. The van der Waals surface area contributed by atoms with Gasteiger partial charge in [0.2, 0.25) is 0 Å². The maximum atomic E-state index is 11.2. The topological polar surface area (TPSA) is 84.3 Å². The van der Waals surface area contributed by atoms with Crippen LogP contribution in [0.2, 0.25) is 0 Å². The fourth-order valence-corrected chi connectivity index (χ4v) is 2.09. The van der Waals surface area contributed by atoms with Crippen LogP contribution in [-0.2, 0) is 4.74 Å². The van der Waals surface area contributed by atoms with Gasteiger partial charge >= 0.3 is 5.97 Å². The molecule has 0 amide bonds. The standard InChI is InChI=1S/C12H17N3O3/c1-18-11(16)9-6-14-10(7-13-9)15-8-12(17)4-2-3-5-12/h6-7,17H,2-5,8H2,1H3,(H,14,15). The van der Waals surface area contributed by atoms with Gasteiger partial charge < -0.3 is 15.2 Å². The minimum Gasteiger partial charge on any atom is -0.464 e. The van der Waals surface area contributed by atoms with E-state index in [1.54, 1.807) is 0 Å². The zero-order valence-electron chi connectivity index (χ0n) is 10.3. The first-order valence-corrected chi connectivity index (χ1v) is 6.00. The summed E-state index contributed by atoms with van der Waals surface area (Å²) in [6.45, 7) is 0.458. The fourth-order valence-electron chi connectivity index (χ4n) is 2.09. The third-order valence-electron chi connectivity index (χ3n) is 3.18. The second-order valence-corrected chi connectivity index (χ2v) is 4.56. The lowest BCUT2D eigenvalue weighted by Gasteiger charge is -2.22. The molecule has 0 radical (unpaired) electrons. The number of esters is 1. The molecule has 2 rings (SSSR count). The molecule has 6 heteroatoms. The summed E-state index contributed by atoms with van der Waals surface area (Å²) < 4.78 is 4.53. The summed E-state index contributed by atoms with van der Waals surface area (Å²) in [7, 11) is 1.30. The average molecular weight is 251 g/mol. The number of methoxy groups -OCH3 is 1. The summed E-state index contributed by atoms with van der Waals surface area (Å²) in [5.74, 6) is 0.0337. The number of hydrogen-bond acceptors (Lipinski definition) is 6. The Balaban J connectivity index is 1.92. The van der Waals surface area contributed by atoms with Crippen molar-refractivity contribution in [2.75, 3.05) is 19.0 Å². The van der Waals surface area contributed by atoms with E-state index in [0.29, 0.717) is 12.4 Å². The third-order valence-corrected chi connectivity index (χ3v) is 3.18. The van der Waals surface area contributed by atoms with E-state index in [-0.39, 0.29) is 5.69 Å². The van der Waals surface area contributed by atoms with Crippen LogP contribution in [0.1, 0.15) is 36.2 Å². The smallest absolute Gasteiger partial charge is 0.358 e. The molecule has 1 aliphatic carbocycles. The average Bonchev–Trinajstić information content (AvgIpc) is 2.83. The highest BCUT2D eigenvalue weighted by Gasteiger charge is 2.30. The first-order chi connectivity index (χ1) is 8.63. The molecular formula is C12H17N3O3. The summed E-state index contributed by atoms with van der Waals surface area (Å²) in [6.07, 6.45) is 6.56. The van der Waals surface area contributed by atoms with Crippen molar-refractivity contribution in [2.24, 2.45) is 0 Å². The Bertz CT molecular complexity index is 413. The lowest BCUT2D eigenvalue weighted by molar-refractivity contribution is 0.0590. The van der Waals surface area contributed by atoms with Crippen LogP contribution in [0, 0.1) is 0 Å². The third kappa shape index (κ3) is 2.95. The van der Waals surface area contributed by atoms with Crippen molar-refractivity contribution >= 4 is 11.8 Å². The molecule has 0 unspecified atom stereocenters. The van der Waals surface area contributed by atoms with Gasteiger partial charge in [-0.15, -0.1) is 0 Å². The summed E-state index contributed by atoms with van der Waals surface area (Å²) in [4.78, 5) is 19.1. The molecule has 18 heavy (non-hydrogen) atoms. The molecule has 1 aromatic rings. The SMILES string of the molecule is COC(=O)c1cnc(NCC2(O)CCCC2)cn1. The van der Waals surface area contributed by atoms with E-state index in [1.807, 2.05) is 0 Å². The molecular weight excluding hydrogens is 234 g/mol. The van der Waals surface area contributed by atoms with Crippen molar-refractivity contribution in [2.45, 2.75) is 31.3 Å². The largest absolute Gasteiger partial charge is 0.464 e. The zero-order chi connectivity index (χ0) is 13.0. The Hall–Kier alpha value is -1.69. The quantitative estimate of drug-likeness (QED) is 0.776. The number of ether oxygens (including phenoxy) is 1. The van der Waals surface area contributed by atoms with Crippen LogP contribution in [0.15, 0.2) is 12.4 Å². The number of aromatic nitrogens is 2. The van der Waals surface area contributed by atoms with Gasteiger partial charge in [0, 0.05) is 6.54 Å². The molecule has 1 fully saturated rings. The van der Waals surface area contributed by atoms with Crippen molar-refractivity contribution < 1.29 is 14.6 Å². The van der Waals surface area contributed by atoms with Crippen LogP contribution in [0.4, 0.5) is 5.82 Å². The van der Waals surface area contributed by atoms with Crippen molar-refractivity contribution in [3.8, 4) is 0 Å². The van der Waals surface area contributed by atoms with E-state index < -0.39 is 11.6 Å². The number of carbonyl (C=O) groups is 1. The molecule has 1 heterocycles. The number of nitrogens with zero attached hydrogens (tertiary/aromatic N) is 2. The summed E-state index contributed by atoms with van der Waals surface area (Å²) in [5.41, 5.74) is -0.467. The molecule has 0 aromatic carbocycles. The number of aliphatic hydroxyl groups is 1. The zero-order valence-corrected chi connectivity index (χ0v) is 10.3. The highest BCUT2D eigenvalue weighted by molar-refractivity contribution is 5.86. The molecule has 1 aliphatic rings. The van der Waals surface area contributed by atoms with Crippen LogP contribution >= 0.6 is 0 Å². The van der Waals surface area contributed by atoms with Crippen LogP contribution in [0.5, 0.6) is 0 Å². The van der Waals surface area contributed by atoms with Crippen LogP contribution in [0.3, 0.4) is 0 Å². The number of nitrogens with one attached hydrogen (secondary N) is 1. The Morgan fingerprint density at radius 1 is 1.44 bits per heavy atom. The van der Waals surface area contributed by atoms with E-state index in [0.717, 1.165) is 25.7 Å². The first-order valence-electron chi connectivity index (χ1n) is 6.00. The molecule has 0 saturated heterocycles. The summed E-state index contributed by atoms with van der Waals surface area (Å²) in [5, 5.41) is 13.2. The lowest BCUT2D eigenvalue weighted by Crippen LogP contribution is -2.33. The van der Waals surface area contributed by atoms with E-state index >= 15 is 0 Å². The van der Waals surface area contributed by atoms with E-state index in [9.17, 15) is 9.90 Å². The van der Waals surface area contributed by atoms with Gasteiger partial charge in [-0.1, -0.05) is 12.8 Å². The van der Waals surface area contributed by atoms with Crippen LogP contribution < -0.4 is 5.32 Å². The highest BCUT2D eigenvalue weighted by atomic mass is 16.5. The molecule has 2 N–H and O–H groups in total. The normalized spacial score (nSPS) is 17.4. The van der Waals surface area contributed by atoms with Gasteiger partial charge in [0.15, 0.2) is 5.69 Å². The molecule has 0 spiro atoms. The van der Waals surface area contributed by atoms with Gasteiger partial charge in [0.05, 0.1) is 25.1 Å². The van der Waals surface area contributed by atoms with Crippen molar-refractivity contribution in [3.63, 3.8) is 0 Å². The Morgan fingerprint density at radius 2 is 2.17 bits per heavy atom. The number of hydrogen-bond donors (Lipinski definition) is 2. The number of carbonyl (C=O) groups excluding carboxylic acids is 1. The van der Waals surface area contributed by atoms with Crippen molar-refractivity contribution in [3.05, 3.63) is 18.1 Å². The molecule has 0 atom stereocenters. The number of anilines is 1. The predicted octanol–water partition coefficient (Wildman–Crippen LogP) is 0.980. The van der Waals surface area contributed by atoms with Gasteiger partial charge in [0.1, 0.15) is 5.82 Å². The maximum absolute atomic E-state index is 11.2. The minimum atomic E-state index is -0.636. The Kier molecular flexibility index (Phi) is 3.76. The molecule has 0 aliphatic heterocycles. The van der Waals surface area contributed by atoms with Gasteiger partial charge in [0.25, 0.3) is 0 Å². The van der Waals surface area contributed by atoms with Gasteiger partial charge in [-0.2, -0.15) is 0 Å². The fraction of sp³-hybridized carbons (Fsp3) is 0.583.